The third-order valence-corrected chi connectivity index (χ3v) is 11.8. The number of aliphatic imine (C=N–C) groups is 2. The summed E-state index contributed by atoms with van der Waals surface area (Å²) >= 11 is 0. The highest BCUT2D eigenvalue weighted by Crippen LogP contribution is 2.34. The van der Waals surface area contributed by atoms with E-state index in [4.69, 9.17) is 10.8 Å². The minimum absolute atomic E-state index is 0.102. The Morgan fingerprint density at radius 3 is 2.57 bits per heavy atom. The largest absolute Gasteiger partial charge is 0.432 e. The van der Waals surface area contributed by atoms with Crippen LogP contribution in [-0.2, 0) is 38.8 Å². The summed E-state index contributed by atoms with van der Waals surface area (Å²) in [6.07, 6.45) is 9.17. The van der Waals surface area contributed by atoms with E-state index in [1.54, 1.807) is 7.05 Å². The Labute approximate surface area is 318 Å². The van der Waals surface area contributed by atoms with Gasteiger partial charge in [0.1, 0.15) is 17.3 Å². The van der Waals surface area contributed by atoms with Crippen molar-refractivity contribution in [2.45, 2.75) is 81.3 Å². The number of amides is 1. The second kappa shape index (κ2) is 19.8. The molecule has 3 atom stereocenters. The Morgan fingerprint density at radius 1 is 1.13 bits per heavy atom. The molecule has 2 aromatic carbocycles. The SMILES string of the molecule is CNC(=O)C(CCC=O)c1nn(C)c2cc(C3CCN(CC(C)Cc4cccc(S(=O)N5CCC(N=C/C(=C\N=CN)OC(F)F)CC5)c4)CC3)ccc12. The monoisotopic (exact) mass is 766 g/mol. The van der Waals surface area contributed by atoms with Gasteiger partial charge in [-0.15, -0.1) is 0 Å². The van der Waals surface area contributed by atoms with Crippen LogP contribution in [0.3, 0.4) is 0 Å². The van der Waals surface area contributed by atoms with Gasteiger partial charge in [-0.3, -0.25) is 14.5 Å². The molecule has 0 bridgehead atoms. The fraction of sp³-hybridized carbons (Fsp3) is 0.513. The van der Waals surface area contributed by atoms with Crippen LogP contribution in [-0.4, -0.2) is 100 Å². The minimum atomic E-state index is -2.99. The van der Waals surface area contributed by atoms with Crippen LogP contribution in [0.1, 0.15) is 74.1 Å². The molecule has 0 saturated carbocycles. The molecule has 0 aliphatic carbocycles. The summed E-state index contributed by atoms with van der Waals surface area (Å²) in [5.41, 5.74) is 9.36. The molecular formula is C39H52F2N8O4S. The zero-order valence-electron chi connectivity index (χ0n) is 31.3. The molecule has 12 nitrogen and oxygen atoms in total. The Balaban J connectivity index is 1.10. The number of carbonyl (C=O) groups excluding carboxylic acids is 2. The van der Waals surface area contributed by atoms with Gasteiger partial charge in [0.15, 0.2) is 5.76 Å². The van der Waals surface area contributed by atoms with Gasteiger partial charge < -0.3 is 25.5 Å². The number of likely N-dealkylation sites (tertiary alicyclic amines) is 1. The first-order valence-electron chi connectivity index (χ1n) is 18.6. The van der Waals surface area contributed by atoms with Crippen molar-refractivity contribution in [1.82, 2.24) is 24.3 Å². The van der Waals surface area contributed by atoms with Gasteiger partial charge in [0.2, 0.25) is 5.91 Å². The van der Waals surface area contributed by atoms with Crippen LogP contribution >= 0.6 is 0 Å². The lowest BCUT2D eigenvalue weighted by Crippen LogP contribution is -2.37. The quantitative estimate of drug-likeness (QED) is 0.0845. The number of hydrogen-bond acceptors (Lipinski definition) is 8. The first kappa shape index (κ1) is 40.8. The summed E-state index contributed by atoms with van der Waals surface area (Å²) in [7, 11) is 2.21. The van der Waals surface area contributed by atoms with Crippen molar-refractivity contribution in [3.8, 4) is 0 Å². The highest BCUT2D eigenvalue weighted by molar-refractivity contribution is 7.82. The van der Waals surface area contributed by atoms with E-state index in [1.165, 1.54) is 11.8 Å². The molecule has 2 aliphatic heterocycles. The summed E-state index contributed by atoms with van der Waals surface area (Å²) in [6.45, 7) is 3.42. The van der Waals surface area contributed by atoms with Crippen molar-refractivity contribution < 1.29 is 27.3 Å². The van der Waals surface area contributed by atoms with Crippen molar-refractivity contribution in [2.24, 2.45) is 28.7 Å². The second-order valence-corrected chi connectivity index (χ2v) is 15.6. The molecular weight excluding hydrogens is 715 g/mol. The third-order valence-electron chi connectivity index (χ3n) is 10.3. The standard InChI is InChI=1S/C39H52F2N8O4S/c1-27(20-28-6-4-7-33(21-28)54(52)49-17-13-31(14-18-49)45-24-32(23-44-26-42)53-39(40)41)25-48-15-11-29(12-16-48)30-9-10-34-36(22-30)47(3)46-37(34)35(8-5-19-50)38(51)43-2/h4,6-7,9-10,19,21-24,26-27,29,31,35,39H,5,8,11-18,20,25H2,1-3H3,(H2,42,44)(H,43,51)/b32-23+,45-24?. The number of aldehydes is 1. The van der Waals surface area contributed by atoms with E-state index in [2.05, 4.69) is 62.2 Å². The highest BCUT2D eigenvalue weighted by atomic mass is 32.2. The van der Waals surface area contributed by atoms with E-state index >= 15 is 0 Å². The maximum absolute atomic E-state index is 13.5. The first-order chi connectivity index (χ1) is 26.1. The van der Waals surface area contributed by atoms with Crippen LogP contribution in [0.4, 0.5) is 8.78 Å². The Morgan fingerprint density at radius 2 is 1.89 bits per heavy atom. The van der Waals surface area contributed by atoms with Gasteiger partial charge in [0, 0.05) is 45.5 Å². The normalized spacial score (nSPS) is 18.8. The smallest absolute Gasteiger partial charge is 0.387 e. The molecule has 15 heteroatoms. The molecule has 292 valence electrons. The van der Waals surface area contributed by atoms with Gasteiger partial charge in [-0.25, -0.2) is 13.5 Å². The zero-order chi connectivity index (χ0) is 38.6. The summed E-state index contributed by atoms with van der Waals surface area (Å²) in [6, 6.07) is 14.4. The van der Waals surface area contributed by atoms with E-state index in [1.807, 2.05) is 28.2 Å². The van der Waals surface area contributed by atoms with Crippen LogP contribution in [0.15, 0.2) is 69.3 Å². The lowest BCUT2D eigenvalue weighted by molar-refractivity contribution is -0.122. The number of benzene rings is 2. The van der Waals surface area contributed by atoms with Crippen LogP contribution in [0, 0.1) is 5.92 Å². The molecule has 2 aliphatic rings. The fourth-order valence-electron chi connectivity index (χ4n) is 7.55. The molecule has 5 rings (SSSR count). The van der Waals surface area contributed by atoms with Crippen molar-refractivity contribution in [1.29, 1.82) is 0 Å². The Kier molecular flexibility index (Phi) is 15.0. The predicted octanol–water partition coefficient (Wildman–Crippen LogP) is 5.07. The minimum Gasteiger partial charge on any atom is -0.432 e. The summed E-state index contributed by atoms with van der Waals surface area (Å²) in [5, 5.41) is 8.40. The zero-order valence-corrected chi connectivity index (χ0v) is 32.1. The number of hydrogen-bond donors (Lipinski definition) is 2. The number of aromatic nitrogens is 2. The average Bonchev–Trinajstić information content (AvgIpc) is 3.50. The average molecular weight is 767 g/mol. The van der Waals surface area contributed by atoms with Gasteiger partial charge in [-0.05, 0) is 92.8 Å². The lowest BCUT2D eigenvalue weighted by Gasteiger charge is -2.34. The van der Waals surface area contributed by atoms with Crippen LogP contribution in [0.2, 0.25) is 0 Å². The molecule has 3 N–H and O–H groups in total. The van der Waals surface area contributed by atoms with Gasteiger partial charge in [-0.2, -0.15) is 13.9 Å². The molecule has 2 fully saturated rings. The van der Waals surface area contributed by atoms with Gasteiger partial charge in [0.25, 0.3) is 0 Å². The Bertz CT molecular complexity index is 1830. The van der Waals surface area contributed by atoms with Crippen molar-refractivity contribution >= 4 is 46.6 Å². The topological polar surface area (TPSA) is 148 Å². The maximum atomic E-state index is 13.5. The van der Waals surface area contributed by atoms with Crippen LogP contribution < -0.4 is 11.1 Å². The van der Waals surface area contributed by atoms with E-state index in [0.717, 1.165) is 79.1 Å². The number of allylic oxidation sites excluding steroid dienone is 1. The number of aryl methyl sites for hydroxylation is 1. The van der Waals surface area contributed by atoms with Crippen molar-refractivity contribution in [3.05, 3.63) is 71.2 Å². The lowest BCUT2D eigenvalue weighted by atomic mass is 9.87. The molecule has 1 amide bonds. The molecule has 1 aromatic heterocycles. The van der Waals surface area contributed by atoms with E-state index in [-0.39, 0.29) is 17.7 Å². The van der Waals surface area contributed by atoms with Crippen LogP contribution in [0.25, 0.3) is 10.9 Å². The number of alkyl halides is 2. The fourth-order valence-corrected chi connectivity index (χ4v) is 8.84. The number of halogens is 2. The molecule has 0 spiro atoms. The predicted molar refractivity (Wildman–Crippen MR) is 208 cm³/mol. The summed E-state index contributed by atoms with van der Waals surface area (Å²) in [4.78, 5) is 35.0. The van der Waals surface area contributed by atoms with Gasteiger partial charge in [0.05, 0.1) is 46.8 Å². The van der Waals surface area contributed by atoms with E-state index in [9.17, 15) is 22.6 Å². The second-order valence-electron chi connectivity index (χ2n) is 14.1. The number of nitrogens with two attached hydrogens (primary N) is 1. The highest BCUT2D eigenvalue weighted by Gasteiger charge is 2.28. The summed E-state index contributed by atoms with van der Waals surface area (Å²) in [5.74, 6) is 0.0817. The van der Waals surface area contributed by atoms with Crippen molar-refractivity contribution in [2.75, 3.05) is 39.8 Å². The Hall–Kier alpha value is -4.34. The van der Waals surface area contributed by atoms with Crippen molar-refractivity contribution in [3.63, 3.8) is 0 Å². The molecule has 3 heterocycles. The molecule has 2 saturated heterocycles. The molecule has 3 unspecified atom stereocenters. The number of fused-ring (bicyclic) bond motifs is 1. The van der Waals surface area contributed by atoms with E-state index in [0.29, 0.717) is 56.3 Å². The first-order valence-corrected chi connectivity index (χ1v) is 19.7. The van der Waals surface area contributed by atoms with Crippen LogP contribution in [0.5, 0.6) is 0 Å². The molecule has 0 radical (unpaired) electrons. The molecule has 54 heavy (non-hydrogen) atoms. The van der Waals surface area contributed by atoms with Gasteiger partial charge >= 0.3 is 6.61 Å². The summed E-state index contributed by atoms with van der Waals surface area (Å²) < 4.78 is 47.1. The molecule has 3 aromatic rings. The number of nitrogens with one attached hydrogen (secondary N) is 1. The number of carbonyl (C=O) groups is 2. The maximum Gasteiger partial charge on any atom is 0.387 e. The van der Waals surface area contributed by atoms with E-state index < -0.39 is 23.5 Å². The number of piperidine rings is 2. The number of likely N-dealkylation sites (N-methyl/N-ethyl adjacent to an activating group) is 1. The third kappa shape index (κ3) is 10.9. The van der Waals surface area contributed by atoms with Gasteiger partial charge in [-0.1, -0.05) is 31.2 Å². The number of rotatable bonds is 17. The number of nitrogens with zero attached hydrogens (tertiary/aromatic N) is 6. The number of ether oxygens (including phenoxy) is 1.